The van der Waals surface area contributed by atoms with Crippen LogP contribution in [0.1, 0.15) is 55.5 Å². The predicted octanol–water partition coefficient (Wildman–Crippen LogP) is 3.98. The molecule has 104 valence electrons. The highest BCUT2D eigenvalue weighted by atomic mass is 32.1. The molecule has 2 rings (SSSR count). The van der Waals surface area contributed by atoms with Crippen molar-refractivity contribution >= 4 is 18.5 Å². The Morgan fingerprint density at radius 1 is 1.37 bits per heavy atom. The molecular formula is C16H23NOS. The van der Waals surface area contributed by atoms with Crippen LogP contribution in [0.2, 0.25) is 0 Å². The summed E-state index contributed by atoms with van der Waals surface area (Å²) in [7, 11) is 0. The summed E-state index contributed by atoms with van der Waals surface area (Å²) in [6.07, 6.45) is 4.74. The number of carbonyl (C=O) groups is 1. The number of benzene rings is 1. The number of amides is 1. The van der Waals surface area contributed by atoms with Crippen molar-refractivity contribution in [2.75, 3.05) is 0 Å². The molecule has 19 heavy (non-hydrogen) atoms. The molecule has 0 aromatic heterocycles. The van der Waals surface area contributed by atoms with Crippen LogP contribution in [-0.2, 0) is 0 Å². The molecule has 1 amide bonds. The highest BCUT2D eigenvalue weighted by Gasteiger charge is 2.33. The molecule has 1 atom stereocenters. The van der Waals surface area contributed by atoms with Crippen LogP contribution >= 0.6 is 12.6 Å². The second-order valence-electron chi connectivity index (χ2n) is 6.26. The van der Waals surface area contributed by atoms with E-state index in [-0.39, 0.29) is 17.4 Å². The Balaban J connectivity index is 2.14. The maximum Gasteiger partial charge on any atom is 0.251 e. The third-order valence-electron chi connectivity index (χ3n) is 4.28. The van der Waals surface area contributed by atoms with Crippen molar-refractivity contribution in [2.45, 2.75) is 57.4 Å². The maximum atomic E-state index is 12.4. The van der Waals surface area contributed by atoms with Gasteiger partial charge in [0.05, 0.1) is 0 Å². The summed E-state index contributed by atoms with van der Waals surface area (Å²) < 4.78 is 0. The smallest absolute Gasteiger partial charge is 0.251 e. The third-order valence-corrected chi connectivity index (χ3v) is 4.56. The Labute approximate surface area is 121 Å². The molecule has 1 aromatic carbocycles. The van der Waals surface area contributed by atoms with Gasteiger partial charge in [-0.2, -0.15) is 0 Å². The van der Waals surface area contributed by atoms with E-state index in [1.54, 1.807) is 0 Å². The lowest BCUT2D eigenvalue weighted by atomic mass is 9.73. The number of rotatable bonds is 2. The Hall–Kier alpha value is -0.960. The molecule has 0 heterocycles. The SMILES string of the molecule is Cc1ccc(S)cc1C(=O)NC1CCCCC1(C)C. The number of carbonyl (C=O) groups excluding carboxylic acids is 1. The fraction of sp³-hybridized carbons (Fsp3) is 0.562. The summed E-state index contributed by atoms with van der Waals surface area (Å²) in [5.74, 6) is 0.0355. The third kappa shape index (κ3) is 3.33. The standard InChI is InChI=1S/C16H23NOS/c1-11-7-8-12(19)10-13(11)15(18)17-14-6-4-5-9-16(14,2)3/h7-8,10,14,19H,4-6,9H2,1-3H3,(H,17,18). The van der Waals surface area contributed by atoms with Crippen LogP contribution in [-0.4, -0.2) is 11.9 Å². The Bertz CT molecular complexity index is 482. The first kappa shape index (κ1) is 14.4. The van der Waals surface area contributed by atoms with Gasteiger partial charge < -0.3 is 5.32 Å². The van der Waals surface area contributed by atoms with Crippen molar-refractivity contribution in [3.05, 3.63) is 29.3 Å². The Kier molecular flexibility index (Phi) is 4.24. The molecule has 0 bridgehead atoms. The highest BCUT2D eigenvalue weighted by molar-refractivity contribution is 7.80. The van der Waals surface area contributed by atoms with Crippen molar-refractivity contribution in [3.63, 3.8) is 0 Å². The summed E-state index contributed by atoms with van der Waals surface area (Å²) in [5, 5.41) is 3.22. The number of nitrogens with one attached hydrogen (secondary N) is 1. The number of thiol groups is 1. The summed E-state index contributed by atoms with van der Waals surface area (Å²) >= 11 is 4.32. The number of aryl methyl sites for hydroxylation is 1. The quantitative estimate of drug-likeness (QED) is 0.787. The predicted molar refractivity (Wildman–Crippen MR) is 81.9 cm³/mol. The lowest BCUT2D eigenvalue weighted by molar-refractivity contribution is 0.0852. The Morgan fingerprint density at radius 3 is 2.79 bits per heavy atom. The first-order valence-electron chi connectivity index (χ1n) is 7.00. The van der Waals surface area contributed by atoms with E-state index >= 15 is 0 Å². The molecule has 1 fully saturated rings. The average Bonchev–Trinajstić information content (AvgIpc) is 2.34. The van der Waals surface area contributed by atoms with E-state index in [0.29, 0.717) is 0 Å². The van der Waals surface area contributed by atoms with E-state index in [0.717, 1.165) is 22.4 Å². The zero-order chi connectivity index (χ0) is 14.0. The molecule has 0 radical (unpaired) electrons. The molecule has 1 aromatic rings. The zero-order valence-electron chi connectivity index (χ0n) is 12.0. The maximum absolute atomic E-state index is 12.4. The number of hydrogen-bond acceptors (Lipinski definition) is 2. The fourth-order valence-electron chi connectivity index (χ4n) is 2.85. The van der Waals surface area contributed by atoms with Crippen LogP contribution < -0.4 is 5.32 Å². The van der Waals surface area contributed by atoms with Crippen LogP contribution in [0.3, 0.4) is 0 Å². The molecular weight excluding hydrogens is 254 g/mol. The first-order chi connectivity index (χ1) is 8.90. The van der Waals surface area contributed by atoms with E-state index in [1.165, 1.54) is 19.3 Å². The monoisotopic (exact) mass is 277 g/mol. The number of hydrogen-bond donors (Lipinski definition) is 2. The summed E-state index contributed by atoms with van der Waals surface area (Å²) in [6, 6.07) is 5.99. The van der Waals surface area contributed by atoms with Gasteiger partial charge in [-0.15, -0.1) is 12.6 Å². The van der Waals surface area contributed by atoms with Crippen LogP contribution in [0.4, 0.5) is 0 Å². The molecule has 3 heteroatoms. The molecule has 1 aliphatic carbocycles. The van der Waals surface area contributed by atoms with E-state index < -0.39 is 0 Å². The topological polar surface area (TPSA) is 29.1 Å². The molecule has 1 unspecified atom stereocenters. The molecule has 1 saturated carbocycles. The van der Waals surface area contributed by atoms with Crippen molar-refractivity contribution in [1.29, 1.82) is 0 Å². The normalized spacial score (nSPS) is 22.0. The summed E-state index contributed by atoms with van der Waals surface area (Å²) in [6.45, 7) is 6.46. The van der Waals surface area contributed by atoms with Crippen LogP contribution in [0.5, 0.6) is 0 Å². The van der Waals surface area contributed by atoms with Gasteiger partial charge in [-0.25, -0.2) is 0 Å². The summed E-state index contributed by atoms with van der Waals surface area (Å²) in [4.78, 5) is 13.3. The van der Waals surface area contributed by atoms with Gasteiger partial charge in [-0.1, -0.05) is 32.8 Å². The molecule has 0 aliphatic heterocycles. The second kappa shape index (κ2) is 5.58. The summed E-state index contributed by atoms with van der Waals surface area (Å²) in [5.41, 5.74) is 1.94. The zero-order valence-corrected chi connectivity index (χ0v) is 12.9. The highest BCUT2D eigenvalue weighted by Crippen LogP contribution is 2.35. The minimum absolute atomic E-state index is 0.0355. The molecule has 0 spiro atoms. The largest absolute Gasteiger partial charge is 0.349 e. The molecule has 1 N–H and O–H groups in total. The molecule has 1 aliphatic rings. The van der Waals surface area contributed by atoms with E-state index in [4.69, 9.17) is 0 Å². The lowest BCUT2D eigenvalue weighted by Crippen LogP contribution is -2.46. The van der Waals surface area contributed by atoms with Crippen molar-refractivity contribution in [2.24, 2.45) is 5.41 Å². The van der Waals surface area contributed by atoms with Gasteiger partial charge in [0.25, 0.3) is 5.91 Å². The molecule has 0 saturated heterocycles. The van der Waals surface area contributed by atoms with Crippen LogP contribution in [0.15, 0.2) is 23.1 Å². The van der Waals surface area contributed by atoms with Gasteiger partial charge in [0.2, 0.25) is 0 Å². The van der Waals surface area contributed by atoms with Gasteiger partial charge in [-0.05, 0) is 42.9 Å². The Morgan fingerprint density at radius 2 is 2.11 bits per heavy atom. The second-order valence-corrected chi connectivity index (χ2v) is 6.78. The van der Waals surface area contributed by atoms with Crippen molar-refractivity contribution < 1.29 is 4.79 Å². The van der Waals surface area contributed by atoms with Crippen molar-refractivity contribution in [1.82, 2.24) is 5.32 Å². The van der Waals surface area contributed by atoms with Crippen LogP contribution in [0.25, 0.3) is 0 Å². The fourth-order valence-corrected chi connectivity index (χ4v) is 3.06. The minimum Gasteiger partial charge on any atom is -0.349 e. The van der Waals surface area contributed by atoms with E-state index in [1.807, 2.05) is 25.1 Å². The van der Waals surface area contributed by atoms with E-state index in [2.05, 4.69) is 31.8 Å². The van der Waals surface area contributed by atoms with Gasteiger partial charge in [-0.3, -0.25) is 4.79 Å². The van der Waals surface area contributed by atoms with Gasteiger partial charge in [0.15, 0.2) is 0 Å². The average molecular weight is 277 g/mol. The first-order valence-corrected chi connectivity index (χ1v) is 7.45. The van der Waals surface area contributed by atoms with Crippen molar-refractivity contribution in [3.8, 4) is 0 Å². The lowest BCUT2D eigenvalue weighted by Gasteiger charge is -2.39. The van der Waals surface area contributed by atoms with Crippen LogP contribution in [0, 0.1) is 12.3 Å². The molecule has 2 nitrogen and oxygen atoms in total. The van der Waals surface area contributed by atoms with E-state index in [9.17, 15) is 4.79 Å². The van der Waals surface area contributed by atoms with Gasteiger partial charge >= 0.3 is 0 Å². The minimum atomic E-state index is 0.0355. The van der Waals surface area contributed by atoms with Gasteiger partial charge in [0.1, 0.15) is 0 Å². The van der Waals surface area contributed by atoms with Gasteiger partial charge in [0, 0.05) is 16.5 Å².